The number of fused-ring (bicyclic) bond motifs is 2. The maximum atomic E-state index is 13.8. The van der Waals surface area contributed by atoms with Gasteiger partial charge in [-0.05, 0) is 67.3 Å². The van der Waals surface area contributed by atoms with E-state index >= 15 is 0 Å². The van der Waals surface area contributed by atoms with Crippen molar-refractivity contribution in [2.45, 2.75) is 36.6 Å². The van der Waals surface area contributed by atoms with Crippen molar-refractivity contribution in [3.8, 4) is 0 Å². The monoisotopic (exact) mass is 508 g/mol. The van der Waals surface area contributed by atoms with Gasteiger partial charge in [0.2, 0.25) is 0 Å². The molecule has 0 aromatic heterocycles. The van der Waals surface area contributed by atoms with E-state index in [1.54, 1.807) is 47.4 Å². The van der Waals surface area contributed by atoms with Crippen LogP contribution in [0.2, 0.25) is 0 Å². The Morgan fingerprint density at radius 1 is 0.865 bits per heavy atom. The van der Waals surface area contributed by atoms with Crippen LogP contribution >= 0.6 is 0 Å². The van der Waals surface area contributed by atoms with Crippen LogP contribution in [0.1, 0.15) is 43.0 Å². The number of carbonyl (C=O) groups excluding carboxylic acids is 2. The van der Waals surface area contributed by atoms with Gasteiger partial charge in [-0.15, -0.1) is 0 Å². The Hall–Kier alpha value is -4.03. The second-order valence-electron chi connectivity index (χ2n) is 9.26. The third-order valence-corrected chi connectivity index (χ3v) is 8.15. The van der Waals surface area contributed by atoms with Gasteiger partial charge in [-0.2, -0.15) is 0 Å². The first-order valence-corrected chi connectivity index (χ1v) is 13.4. The van der Waals surface area contributed by atoms with E-state index in [9.17, 15) is 13.8 Å². The molecule has 0 aliphatic carbocycles. The topological polar surface area (TPSA) is 66.5 Å². The molecular formula is C31H28N2O3S. The Labute approximate surface area is 219 Å². The number of hydrogen-bond acceptors (Lipinski definition) is 3. The molecule has 2 amide bonds. The minimum Gasteiger partial charge on any atom is -0.352 e. The smallest absolute Gasteiger partial charge is 0.259 e. The second kappa shape index (κ2) is 10.5. The zero-order chi connectivity index (χ0) is 25.9. The molecule has 37 heavy (non-hydrogen) atoms. The minimum absolute atomic E-state index is 0.231. The Kier molecular flexibility index (Phi) is 7.01. The maximum absolute atomic E-state index is 13.8. The molecule has 0 radical (unpaired) electrons. The zero-order valence-electron chi connectivity index (χ0n) is 20.9. The van der Waals surface area contributed by atoms with E-state index in [2.05, 4.69) is 11.4 Å². The predicted octanol–water partition coefficient (Wildman–Crippen LogP) is 5.60. The van der Waals surface area contributed by atoms with Crippen molar-refractivity contribution in [2.24, 2.45) is 0 Å². The summed E-state index contributed by atoms with van der Waals surface area (Å²) in [5.41, 5.74) is 5.64. The number of aryl methyl sites for hydroxylation is 2. The van der Waals surface area contributed by atoms with Crippen LogP contribution in [0.3, 0.4) is 0 Å². The van der Waals surface area contributed by atoms with Crippen LogP contribution < -0.4 is 10.2 Å². The van der Waals surface area contributed by atoms with E-state index < -0.39 is 10.8 Å². The molecule has 1 heterocycles. The number of amides is 2. The molecule has 4 aromatic carbocycles. The molecule has 0 saturated carbocycles. The number of anilines is 1. The quantitative estimate of drug-likeness (QED) is 0.369. The highest BCUT2D eigenvalue weighted by Gasteiger charge is 2.31. The summed E-state index contributed by atoms with van der Waals surface area (Å²) in [6.07, 6.45) is 0.716. The molecule has 5 nitrogen and oxygen atoms in total. The number of nitrogens with one attached hydrogen (secondary N) is 1. The predicted molar refractivity (Wildman–Crippen MR) is 146 cm³/mol. The lowest BCUT2D eigenvalue weighted by Gasteiger charge is -2.24. The van der Waals surface area contributed by atoms with Crippen LogP contribution in [0.15, 0.2) is 101 Å². The lowest BCUT2D eigenvalue weighted by atomic mass is 10.0. The van der Waals surface area contributed by atoms with Gasteiger partial charge in [-0.25, -0.2) is 4.21 Å². The van der Waals surface area contributed by atoms with Crippen LogP contribution in [0, 0.1) is 13.8 Å². The van der Waals surface area contributed by atoms with Crippen molar-refractivity contribution in [1.29, 1.82) is 0 Å². The van der Waals surface area contributed by atoms with Crippen molar-refractivity contribution in [2.75, 3.05) is 11.4 Å². The van der Waals surface area contributed by atoms with Gasteiger partial charge in [-0.1, -0.05) is 66.2 Å². The average molecular weight is 509 g/mol. The molecule has 1 atom stereocenters. The first kappa shape index (κ1) is 24.7. The van der Waals surface area contributed by atoms with Crippen molar-refractivity contribution >= 4 is 28.3 Å². The van der Waals surface area contributed by atoms with Gasteiger partial charge in [0.25, 0.3) is 11.8 Å². The summed E-state index contributed by atoms with van der Waals surface area (Å²) in [6, 6.07) is 28.2. The van der Waals surface area contributed by atoms with E-state index in [4.69, 9.17) is 0 Å². The van der Waals surface area contributed by atoms with E-state index in [-0.39, 0.29) is 11.8 Å². The summed E-state index contributed by atoms with van der Waals surface area (Å²) >= 11 is 0. The fraction of sp³-hybridized carbons (Fsp3) is 0.161. The van der Waals surface area contributed by atoms with E-state index in [1.165, 1.54) is 0 Å². The number of nitrogens with zero attached hydrogens (tertiary/aromatic N) is 1. The van der Waals surface area contributed by atoms with Crippen molar-refractivity contribution in [3.05, 3.63) is 124 Å². The molecule has 0 bridgehead atoms. The van der Waals surface area contributed by atoms with Gasteiger partial charge < -0.3 is 10.2 Å². The summed E-state index contributed by atoms with van der Waals surface area (Å²) in [4.78, 5) is 29.6. The zero-order valence-corrected chi connectivity index (χ0v) is 21.7. The molecule has 0 spiro atoms. The highest BCUT2D eigenvalue weighted by Crippen LogP contribution is 2.36. The van der Waals surface area contributed by atoms with Crippen LogP contribution in [0.25, 0.3) is 0 Å². The summed E-state index contributed by atoms with van der Waals surface area (Å²) in [7, 11) is -1.56. The fourth-order valence-electron chi connectivity index (χ4n) is 4.57. The number of benzene rings is 4. The van der Waals surface area contributed by atoms with Gasteiger partial charge in [0.1, 0.15) is 0 Å². The number of rotatable bonds is 6. The average Bonchev–Trinajstić information content (AvgIpc) is 3.00. The van der Waals surface area contributed by atoms with Gasteiger partial charge in [-0.3, -0.25) is 9.59 Å². The highest BCUT2D eigenvalue weighted by molar-refractivity contribution is 7.85. The van der Waals surface area contributed by atoms with Gasteiger partial charge in [0.15, 0.2) is 0 Å². The summed E-state index contributed by atoms with van der Waals surface area (Å²) in [6.45, 7) is 4.83. The molecule has 1 aliphatic rings. The molecule has 0 fully saturated rings. The Morgan fingerprint density at radius 3 is 2.43 bits per heavy atom. The minimum atomic E-state index is -1.56. The van der Waals surface area contributed by atoms with E-state index in [1.807, 2.05) is 56.3 Å². The second-order valence-corrected chi connectivity index (χ2v) is 10.7. The Bertz CT molecular complexity index is 1510. The SMILES string of the molecule is Cc1ccc(C)c(CN2C(=O)c3ccccc3[S@](=O)c3ccc(C(=O)NCCc4ccccc4)cc32)c1. The van der Waals surface area contributed by atoms with Gasteiger partial charge in [0.05, 0.1) is 38.4 Å². The van der Waals surface area contributed by atoms with Crippen molar-refractivity contribution in [1.82, 2.24) is 5.32 Å². The molecule has 5 rings (SSSR count). The van der Waals surface area contributed by atoms with E-state index in [0.29, 0.717) is 46.1 Å². The molecule has 1 aliphatic heterocycles. The van der Waals surface area contributed by atoms with Crippen LogP contribution in [0.4, 0.5) is 5.69 Å². The molecule has 4 aromatic rings. The largest absolute Gasteiger partial charge is 0.352 e. The maximum Gasteiger partial charge on any atom is 0.259 e. The first-order chi connectivity index (χ1) is 17.9. The first-order valence-electron chi connectivity index (χ1n) is 12.3. The van der Waals surface area contributed by atoms with E-state index in [0.717, 1.165) is 22.3 Å². The molecule has 1 N–H and O–H groups in total. The molecule has 0 saturated heterocycles. The molecular weight excluding hydrogens is 480 g/mol. The molecule has 0 unspecified atom stereocenters. The van der Waals surface area contributed by atoms with Crippen LogP contribution in [-0.4, -0.2) is 22.6 Å². The summed E-state index contributed by atoms with van der Waals surface area (Å²) in [5, 5.41) is 2.97. The normalized spacial score (nSPS) is 14.5. The highest BCUT2D eigenvalue weighted by atomic mass is 32.2. The van der Waals surface area contributed by atoms with Crippen LogP contribution in [0.5, 0.6) is 0 Å². The Morgan fingerprint density at radius 2 is 1.62 bits per heavy atom. The third kappa shape index (κ3) is 5.11. The van der Waals surface area contributed by atoms with Crippen molar-refractivity contribution in [3.63, 3.8) is 0 Å². The lowest BCUT2D eigenvalue weighted by Crippen LogP contribution is -2.31. The standard InChI is InChI=1S/C31H28N2O3S/c1-21-12-13-22(2)25(18-21)20-33-27-19-24(30(34)32-17-16-23-8-4-3-5-9-23)14-15-29(27)37(36)28-11-7-6-10-26(28)31(33)35/h3-15,18-19H,16-17,20H2,1-2H3,(H,32,34)/t37-/m0/s1. The molecule has 186 valence electrons. The lowest BCUT2D eigenvalue weighted by molar-refractivity contribution is 0.0950. The number of hydrogen-bond donors (Lipinski definition) is 1. The van der Waals surface area contributed by atoms with Crippen LogP contribution in [-0.2, 0) is 23.8 Å². The number of carbonyl (C=O) groups is 2. The molecule has 6 heteroatoms. The third-order valence-electron chi connectivity index (χ3n) is 6.65. The van der Waals surface area contributed by atoms with Gasteiger partial charge >= 0.3 is 0 Å². The van der Waals surface area contributed by atoms with Crippen molar-refractivity contribution < 1.29 is 13.8 Å². The van der Waals surface area contributed by atoms with Gasteiger partial charge in [0, 0.05) is 12.1 Å². The fourth-order valence-corrected chi connectivity index (χ4v) is 5.91. The summed E-state index contributed by atoms with van der Waals surface area (Å²) < 4.78 is 13.6. The summed E-state index contributed by atoms with van der Waals surface area (Å²) in [5.74, 6) is -0.462. The Balaban J connectivity index is 1.51.